The van der Waals surface area contributed by atoms with Gasteiger partial charge in [-0.05, 0) is 57.3 Å². The minimum atomic E-state index is -0.800. The predicted molar refractivity (Wildman–Crippen MR) is 128 cm³/mol. The Bertz CT molecular complexity index is 756. The highest BCUT2D eigenvalue weighted by molar-refractivity contribution is 8.01. The molecule has 3 fully saturated rings. The summed E-state index contributed by atoms with van der Waals surface area (Å²) in [5.74, 6) is 0.500. The number of hydrogen-bond acceptors (Lipinski definition) is 6. The number of nitrogens with one attached hydrogen (secondary N) is 1. The van der Waals surface area contributed by atoms with Crippen molar-refractivity contribution in [3.8, 4) is 0 Å². The van der Waals surface area contributed by atoms with E-state index in [2.05, 4.69) is 15.2 Å². The molecule has 1 aromatic rings. The molecule has 3 aliphatic rings. The van der Waals surface area contributed by atoms with Crippen LogP contribution in [0.1, 0.15) is 77.0 Å². The van der Waals surface area contributed by atoms with E-state index in [1.165, 1.54) is 55.2 Å². The summed E-state index contributed by atoms with van der Waals surface area (Å²) in [5.41, 5.74) is 0. The topological polar surface area (TPSA) is 91.8 Å². The van der Waals surface area contributed by atoms with E-state index in [0.29, 0.717) is 23.0 Å². The number of rotatable bonds is 10. The van der Waals surface area contributed by atoms with E-state index in [1.807, 2.05) is 0 Å². The van der Waals surface area contributed by atoms with Crippen molar-refractivity contribution in [1.29, 1.82) is 0 Å². The van der Waals surface area contributed by atoms with Crippen molar-refractivity contribution >= 4 is 40.2 Å². The number of thioether (sulfide) groups is 1. The summed E-state index contributed by atoms with van der Waals surface area (Å²) in [4.78, 5) is 30.6. The summed E-state index contributed by atoms with van der Waals surface area (Å²) in [6, 6.07) is 0.543. The Balaban J connectivity index is 1.33. The lowest BCUT2D eigenvalue weighted by Crippen LogP contribution is -2.51. The zero-order valence-corrected chi connectivity index (χ0v) is 20.3. The van der Waals surface area contributed by atoms with Crippen molar-refractivity contribution in [1.82, 2.24) is 9.88 Å². The van der Waals surface area contributed by atoms with Crippen LogP contribution in [0.4, 0.5) is 9.93 Å². The molecule has 0 bridgehead atoms. The van der Waals surface area contributed by atoms with Gasteiger partial charge in [0, 0.05) is 24.4 Å². The monoisotopic (exact) mass is 481 g/mol. The molecule has 2 amide bonds. The molecule has 0 unspecified atom stereocenters. The normalized spacial score (nSPS) is 24.2. The van der Waals surface area contributed by atoms with Crippen molar-refractivity contribution in [2.75, 3.05) is 17.7 Å². The first-order valence-electron chi connectivity index (χ1n) is 12.1. The molecular formula is C23H35N3O4S2. The lowest BCUT2D eigenvalue weighted by Gasteiger charge is -2.42. The molecule has 178 valence electrons. The molecule has 7 nitrogen and oxygen atoms in total. The highest BCUT2D eigenvalue weighted by Gasteiger charge is 2.35. The van der Waals surface area contributed by atoms with Crippen LogP contribution in [0.15, 0.2) is 10.4 Å². The molecule has 0 radical (unpaired) electrons. The number of carbonyl (C=O) groups excluding carboxylic acids is 1. The highest BCUT2D eigenvalue weighted by atomic mass is 32.2. The molecule has 0 atom stereocenters. The first-order chi connectivity index (χ1) is 15.6. The first-order valence-corrected chi connectivity index (χ1v) is 13.9. The van der Waals surface area contributed by atoms with Crippen molar-refractivity contribution in [2.24, 2.45) is 5.92 Å². The number of carbonyl (C=O) groups is 2. The van der Waals surface area contributed by atoms with Crippen LogP contribution < -0.4 is 5.32 Å². The quantitative estimate of drug-likeness (QED) is 0.422. The largest absolute Gasteiger partial charge is 0.481 e. The maximum Gasteiger partial charge on any atom is 0.324 e. The molecule has 2 N–H and O–H groups in total. The fourth-order valence-electron chi connectivity index (χ4n) is 4.81. The van der Waals surface area contributed by atoms with E-state index in [-0.39, 0.29) is 18.5 Å². The van der Waals surface area contributed by atoms with Crippen LogP contribution in [0.5, 0.6) is 0 Å². The molecule has 0 aliphatic heterocycles. The maximum absolute atomic E-state index is 13.4. The molecule has 1 aromatic heterocycles. The van der Waals surface area contributed by atoms with Gasteiger partial charge < -0.3 is 14.7 Å². The number of aromatic nitrogens is 1. The van der Waals surface area contributed by atoms with Gasteiger partial charge in [0.05, 0.1) is 22.9 Å². The summed E-state index contributed by atoms with van der Waals surface area (Å²) in [7, 11) is 0. The molecule has 1 heterocycles. The zero-order valence-electron chi connectivity index (χ0n) is 18.7. The molecule has 9 heteroatoms. The third kappa shape index (κ3) is 7.09. The van der Waals surface area contributed by atoms with Gasteiger partial charge in [0.25, 0.3) is 0 Å². The predicted octanol–water partition coefficient (Wildman–Crippen LogP) is 5.61. The fourth-order valence-corrected chi connectivity index (χ4v) is 6.68. The Hall–Kier alpha value is -1.32. The van der Waals surface area contributed by atoms with Crippen LogP contribution in [0.25, 0.3) is 0 Å². The Kier molecular flexibility index (Phi) is 8.71. The number of ether oxygens (including phenoxy) is 1. The van der Waals surface area contributed by atoms with E-state index in [4.69, 9.17) is 9.84 Å². The SMILES string of the molecule is O=C(O)CCSc1cnc(NC(=O)N(C2CCCCC2)[C@H]2CC[C@H](OCC3CC3)CC2)s1. The average molecular weight is 482 g/mol. The average Bonchev–Trinajstić information content (AvgIpc) is 3.52. The standard InChI is InChI=1S/C23H35N3O4S2/c27-20(28)12-13-31-21-14-24-22(32-21)25-23(29)26(17-4-2-1-3-5-17)18-8-10-19(11-9-18)30-15-16-6-7-16/h14,16-19H,1-13,15H2,(H,27,28)(H,24,25,29)/t18-,19-. The highest BCUT2D eigenvalue weighted by Crippen LogP contribution is 2.35. The minimum Gasteiger partial charge on any atom is -0.481 e. The van der Waals surface area contributed by atoms with Crippen molar-refractivity contribution in [3.63, 3.8) is 0 Å². The molecule has 0 aromatic carbocycles. The van der Waals surface area contributed by atoms with Crippen molar-refractivity contribution in [3.05, 3.63) is 6.20 Å². The van der Waals surface area contributed by atoms with Gasteiger partial charge in [-0.25, -0.2) is 9.78 Å². The van der Waals surface area contributed by atoms with E-state index >= 15 is 0 Å². The Morgan fingerprint density at radius 3 is 2.50 bits per heavy atom. The van der Waals surface area contributed by atoms with E-state index in [0.717, 1.165) is 55.3 Å². The number of thiazole rings is 1. The Labute approximate surface area is 198 Å². The number of aliphatic carboxylic acids is 1. The number of amides is 2. The van der Waals surface area contributed by atoms with E-state index in [9.17, 15) is 9.59 Å². The lowest BCUT2D eigenvalue weighted by molar-refractivity contribution is -0.136. The number of anilines is 1. The van der Waals surface area contributed by atoms with Gasteiger partial charge >= 0.3 is 12.0 Å². The molecular weight excluding hydrogens is 446 g/mol. The number of carboxylic acid groups (broad SMARTS) is 1. The maximum atomic E-state index is 13.4. The second-order valence-corrected chi connectivity index (χ2v) is 11.7. The second-order valence-electron chi connectivity index (χ2n) is 9.31. The summed E-state index contributed by atoms with van der Waals surface area (Å²) < 4.78 is 7.05. The van der Waals surface area contributed by atoms with Crippen molar-refractivity contribution < 1.29 is 19.4 Å². The summed E-state index contributed by atoms with van der Waals surface area (Å²) in [6.07, 6.45) is 14.7. The van der Waals surface area contributed by atoms with Crippen LogP contribution in [0.2, 0.25) is 0 Å². The van der Waals surface area contributed by atoms with Gasteiger partial charge in [-0.1, -0.05) is 30.6 Å². The Morgan fingerprint density at radius 1 is 1.09 bits per heavy atom. The van der Waals surface area contributed by atoms with Gasteiger partial charge in [-0.15, -0.1) is 11.8 Å². The molecule has 0 saturated heterocycles. The zero-order chi connectivity index (χ0) is 22.3. The molecule has 3 aliphatic carbocycles. The molecule has 4 rings (SSSR count). The third-order valence-electron chi connectivity index (χ3n) is 6.76. The van der Waals surface area contributed by atoms with Gasteiger partial charge in [0.1, 0.15) is 0 Å². The van der Waals surface area contributed by atoms with Crippen molar-refractivity contribution in [2.45, 2.75) is 99.4 Å². The molecule has 3 saturated carbocycles. The van der Waals surface area contributed by atoms with Crippen LogP contribution in [0.3, 0.4) is 0 Å². The van der Waals surface area contributed by atoms with Gasteiger partial charge in [0.15, 0.2) is 5.13 Å². The van der Waals surface area contributed by atoms with E-state index < -0.39 is 5.97 Å². The number of urea groups is 1. The third-order valence-corrected chi connectivity index (χ3v) is 8.87. The number of nitrogens with zero attached hydrogens (tertiary/aromatic N) is 2. The molecule has 32 heavy (non-hydrogen) atoms. The summed E-state index contributed by atoms with van der Waals surface area (Å²) in [6.45, 7) is 0.916. The first kappa shape index (κ1) is 23.8. The van der Waals surface area contributed by atoms with Crippen LogP contribution >= 0.6 is 23.1 Å². The second kappa shape index (κ2) is 11.7. The minimum absolute atomic E-state index is 0.0318. The van der Waals surface area contributed by atoms with Crippen LogP contribution in [0, 0.1) is 5.92 Å². The van der Waals surface area contributed by atoms with Gasteiger partial charge in [-0.2, -0.15) is 0 Å². The van der Waals surface area contributed by atoms with Crippen LogP contribution in [-0.2, 0) is 9.53 Å². The summed E-state index contributed by atoms with van der Waals surface area (Å²) in [5, 5.41) is 12.4. The Morgan fingerprint density at radius 2 is 1.81 bits per heavy atom. The fraction of sp³-hybridized carbons (Fsp3) is 0.783. The van der Waals surface area contributed by atoms with Gasteiger partial charge in [0.2, 0.25) is 0 Å². The summed E-state index contributed by atoms with van der Waals surface area (Å²) >= 11 is 2.89. The van der Waals surface area contributed by atoms with E-state index in [1.54, 1.807) is 6.20 Å². The van der Waals surface area contributed by atoms with Gasteiger partial charge in [-0.3, -0.25) is 10.1 Å². The number of carboxylic acids is 1. The molecule has 0 spiro atoms. The smallest absolute Gasteiger partial charge is 0.324 e. The van der Waals surface area contributed by atoms with Crippen LogP contribution in [-0.4, -0.2) is 57.5 Å². The lowest BCUT2D eigenvalue weighted by atomic mass is 9.88. The number of hydrogen-bond donors (Lipinski definition) is 2.